The second-order valence-corrected chi connectivity index (χ2v) is 9.82. The van der Waals surface area contributed by atoms with Gasteiger partial charge in [-0.3, -0.25) is 14.5 Å². The van der Waals surface area contributed by atoms with Gasteiger partial charge >= 0.3 is 0 Å². The molecule has 2 aromatic heterocycles. The molecule has 1 saturated carbocycles. The number of anilines is 1. The first-order valence-electron chi connectivity index (χ1n) is 13.1. The number of nitrogens with one attached hydrogen (secondary N) is 1. The molecule has 0 bridgehead atoms. The Morgan fingerprint density at radius 2 is 1.87 bits per heavy atom. The summed E-state index contributed by atoms with van der Waals surface area (Å²) in [5, 5.41) is 15.7. The first-order chi connectivity index (χ1) is 18.9. The van der Waals surface area contributed by atoms with Gasteiger partial charge in [-0.2, -0.15) is 4.80 Å². The van der Waals surface area contributed by atoms with E-state index in [0.717, 1.165) is 37.0 Å². The van der Waals surface area contributed by atoms with Gasteiger partial charge in [0.2, 0.25) is 11.7 Å². The largest absolute Gasteiger partial charge is 0.497 e. The van der Waals surface area contributed by atoms with Crippen LogP contribution in [0.5, 0.6) is 5.75 Å². The van der Waals surface area contributed by atoms with Crippen LogP contribution in [0.4, 0.5) is 5.69 Å². The number of ether oxygens (including phenoxy) is 1. The molecule has 2 heterocycles. The maximum Gasteiger partial charge on any atom is 0.251 e. The highest BCUT2D eigenvalue weighted by Gasteiger charge is 2.35. The number of furan rings is 1. The van der Waals surface area contributed by atoms with Crippen molar-refractivity contribution >= 4 is 17.5 Å². The molecule has 4 aromatic rings. The topological polar surface area (TPSA) is 115 Å². The molecule has 5 rings (SSSR count). The minimum absolute atomic E-state index is 0.0870. The van der Waals surface area contributed by atoms with Gasteiger partial charge in [-0.15, -0.1) is 10.2 Å². The van der Waals surface area contributed by atoms with Crippen LogP contribution in [-0.2, 0) is 16.1 Å². The molecule has 1 aliphatic rings. The Kier molecular flexibility index (Phi) is 7.72. The second kappa shape index (κ2) is 11.5. The number of aryl methyl sites for hydroxylation is 2. The van der Waals surface area contributed by atoms with E-state index in [1.807, 2.05) is 56.3 Å². The summed E-state index contributed by atoms with van der Waals surface area (Å²) in [6.07, 6.45) is 4.01. The molecule has 1 atom stereocenters. The molecule has 0 spiro atoms. The molecule has 2 amide bonds. The number of hydrogen-bond acceptors (Lipinski definition) is 7. The van der Waals surface area contributed by atoms with Crippen molar-refractivity contribution in [1.82, 2.24) is 25.5 Å². The lowest BCUT2D eigenvalue weighted by atomic mass is 10.0. The van der Waals surface area contributed by atoms with E-state index < -0.39 is 6.04 Å². The number of benzene rings is 2. The number of hydrogen-bond donors (Lipinski definition) is 1. The van der Waals surface area contributed by atoms with E-state index in [2.05, 4.69) is 20.7 Å². The molecule has 39 heavy (non-hydrogen) atoms. The molecule has 1 N–H and O–H groups in total. The van der Waals surface area contributed by atoms with Crippen LogP contribution in [0.25, 0.3) is 11.6 Å². The third-order valence-corrected chi connectivity index (χ3v) is 6.88. The van der Waals surface area contributed by atoms with Crippen LogP contribution >= 0.6 is 0 Å². The van der Waals surface area contributed by atoms with Crippen molar-refractivity contribution in [2.75, 3.05) is 12.0 Å². The molecule has 10 nitrogen and oxygen atoms in total. The van der Waals surface area contributed by atoms with E-state index in [9.17, 15) is 9.59 Å². The van der Waals surface area contributed by atoms with E-state index in [-0.39, 0.29) is 30.2 Å². The van der Waals surface area contributed by atoms with Crippen LogP contribution in [0, 0.1) is 13.8 Å². The quantitative estimate of drug-likeness (QED) is 0.343. The minimum Gasteiger partial charge on any atom is -0.497 e. The summed E-state index contributed by atoms with van der Waals surface area (Å²) in [5.74, 6) is 1.54. The summed E-state index contributed by atoms with van der Waals surface area (Å²) in [6.45, 7) is 3.56. The van der Waals surface area contributed by atoms with Gasteiger partial charge in [-0.25, -0.2) is 0 Å². The average Bonchev–Trinajstić information content (AvgIpc) is 3.70. The summed E-state index contributed by atoms with van der Waals surface area (Å²) >= 11 is 0. The van der Waals surface area contributed by atoms with Gasteiger partial charge in [0.15, 0.2) is 5.76 Å². The third kappa shape index (κ3) is 6.00. The third-order valence-electron chi connectivity index (χ3n) is 6.88. The molecule has 0 aliphatic heterocycles. The molecule has 202 valence electrons. The first kappa shape index (κ1) is 26.1. The number of carbonyl (C=O) groups excluding carboxylic acids is 2. The van der Waals surface area contributed by atoms with Crippen molar-refractivity contribution in [3.63, 3.8) is 0 Å². The summed E-state index contributed by atoms with van der Waals surface area (Å²) in [6, 6.07) is 17.5. The van der Waals surface area contributed by atoms with Gasteiger partial charge in [0.1, 0.15) is 24.1 Å². The zero-order valence-electron chi connectivity index (χ0n) is 22.3. The summed E-state index contributed by atoms with van der Waals surface area (Å²) in [5.41, 5.74) is 2.23. The fraction of sp³-hybridized carbons (Fsp3) is 0.345. The number of carbonyl (C=O) groups is 2. The van der Waals surface area contributed by atoms with Crippen molar-refractivity contribution < 1.29 is 18.7 Å². The van der Waals surface area contributed by atoms with E-state index in [4.69, 9.17) is 9.15 Å². The van der Waals surface area contributed by atoms with Gasteiger partial charge in [0, 0.05) is 11.7 Å². The van der Waals surface area contributed by atoms with Crippen LogP contribution in [0.15, 0.2) is 65.1 Å². The summed E-state index contributed by atoms with van der Waals surface area (Å²) < 4.78 is 10.9. The van der Waals surface area contributed by atoms with E-state index >= 15 is 0 Å². The van der Waals surface area contributed by atoms with Crippen LogP contribution in [0.2, 0.25) is 0 Å². The van der Waals surface area contributed by atoms with Crippen molar-refractivity contribution in [3.8, 4) is 17.3 Å². The highest BCUT2D eigenvalue weighted by molar-refractivity contribution is 6.01. The van der Waals surface area contributed by atoms with E-state index in [1.54, 1.807) is 25.3 Å². The van der Waals surface area contributed by atoms with E-state index in [1.165, 1.54) is 9.70 Å². The fourth-order valence-electron chi connectivity index (χ4n) is 4.93. The maximum absolute atomic E-state index is 14.0. The standard InChI is InChI=1S/C29H32N6O4/c1-19-7-6-10-23(17-19)35(26(36)18-34-32-28(31-33-34)25-16-11-20(2)39-25)27(21-12-14-24(38-3)15-13-21)29(37)30-22-8-4-5-9-22/h6-7,10-17,22,27H,4-5,8-9,18H2,1-3H3,(H,30,37). The molecule has 1 aliphatic carbocycles. The number of amides is 2. The number of aromatic nitrogens is 4. The Bertz CT molecular complexity index is 1440. The predicted molar refractivity (Wildman–Crippen MR) is 145 cm³/mol. The van der Waals surface area contributed by atoms with Gasteiger partial charge < -0.3 is 14.5 Å². The van der Waals surface area contributed by atoms with Crippen LogP contribution in [0.3, 0.4) is 0 Å². The highest BCUT2D eigenvalue weighted by atomic mass is 16.5. The Hall–Kier alpha value is -4.47. The molecular weight excluding hydrogens is 496 g/mol. The van der Waals surface area contributed by atoms with E-state index in [0.29, 0.717) is 22.8 Å². The second-order valence-electron chi connectivity index (χ2n) is 9.82. The average molecular weight is 529 g/mol. The van der Waals surface area contributed by atoms with Crippen molar-refractivity contribution in [1.29, 1.82) is 0 Å². The van der Waals surface area contributed by atoms with Gasteiger partial charge in [0.05, 0.1) is 7.11 Å². The fourth-order valence-corrected chi connectivity index (χ4v) is 4.93. The lowest BCUT2D eigenvalue weighted by molar-refractivity contribution is -0.127. The van der Waals surface area contributed by atoms with Crippen molar-refractivity contribution in [2.45, 2.75) is 58.2 Å². The highest BCUT2D eigenvalue weighted by Crippen LogP contribution is 2.31. The molecule has 2 aromatic carbocycles. The molecule has 1 unspecified atom stereocenters. The molecule has 0 saturated heterocycles. The minimum atomic E-state index is -0.915. The van der Waals surface area contributed by atoms with Gasteiger partial charge in [-0.05, 0) is 79.4 Å². The number of tetrazole rings is 1. The zero-order valence-corrected chi connectivity index (χ0v) is 22.3. The number of nitrogens with zero attached hydrogens (tertiary/aromatic N) is 5. The molecule has 1 fully saturated rings. The summed E-state index contributed by atoms with van der Waals surface area (Å²) in [7, 11) is 1.59. The van der Waals surface area contributed by atoms with Crippen LogP contribution in [-0.4, -0.2) is 45.2 Å². The maximum atomic E-state index is 14.0. The van der Waals surface area contributed by atoms with Crippen molar-refractivity contribution in [3.05, 3.63) is 77.6 Å². The number of rotatable bonds is 9. The predicted octanol–water partition coefficient (Wildman–Crippen LogP) is 4.39. The Morgan fingerprint density at radius 3 is 2.54 bits per heavy atom. The number of methoxy groups -OCH3 is 1. The Labute approximate surface area is 227 Å². The first-order valence-corrected chi connectivity index (χ1v) is 13.1. The lowest BCUT2D eigenvalue weighted by Gasteiger charge is -2.32. The summed E-state index contributed by atoms with van der Waals surface area (Å²) in [4.78, 5) is 30.7. The van der Waals surface area contributed by atoms with Crippen molar-refractivity contribution in [2.24, 2.45) is 0 Å². The molecule has 0 radical (unpaired) electrons. The molecule has 10 heteroatoms. The zero-order chi connectivity index (χ0) is 27.4. The SMILES string of the molecule is COc1ccc(C(C(=O)NC2CCCC2)N(C(=O)Cn2nnc(-c3ccc(C)o3)n2)c2cccc(C)c2)cc1. The van der Waals surface area contributed by atoms with Crippen LogP contribution in [0.1, 0.15) is 48.6 Å². The Balaban J connectivity index is 1.51. The monoisotopic (exact) mass is 528 g/mol. The normalized spacial score (nSPS) is 14.2. The van der Waals surface area contributed by atoms with Gasteiger partial charge in [-0.1, -0.05) is 37.1 Å². The smallest absolute Gasteiger partial charge is 0.251 e. The van der Waals surface area contributed by atoms with Crippen LogP contribution < -0.4 is 15.0 Å². The van der Waals surface area contributed by atoms with Gasteiger partial charge in [0.25, 0.3) is 5.91 Å². The molecular formula is C29H32N6O4. The Morgan fingerprint density at radius 1 is 1.10 bits per heavy atom. The lowest BCUT2D eigenvalue weighted by Crippen LogP contribution is -2.47.